The third kappa shape index (κ3) is 3.22. The second-order valence-corrected chi connectivity index (χ2v) is 9.28. The average molecular weight is 411 g/mol. The predicted octanol–water partition coefficient (Wildman–Crippen LogP) is 3.71. The highest BCUT2D eigenvalue weighted by molar-refractivity contribution is 7.15. The number of carbonyl (C=O) groups is 1. The quantitative estimate of drug-likeness (QED) is 0.599. The summed E-state index contributed by atoms with van der Waals surface area (Å²) in [4.78, 5) is 24.2. The molecule has 5 rings (SSSR count). The number of benzene rings is 1. The number of hydrogen-bond donors (Lipinski definition) is 3. The van der Waals surface area contributed by atoms with E-state index in [1.165, 1.54) is 5.56 Å². The molecule has 0 bridgehead atoms. The number of nitrogens with one attached hydrogen (secondary N) is 2. The molecule has 6 nitrogen and oxygen atoms in total. The molecule has 2 aromatic heterocycles. The van der Waals surface area contributed by atoms with Gasteiger partial charge in [-0.3, -0.25) is 4.79 Å². The fourth-order valence-corrected chi connectivity index (χ4v) is 5.53. The largest absolute Gasteiger partial charge is 0.394 e. The molecule has 152 valence electrons. The summed E-state index contributed by atoms with van der Waals surface area (Å²) >= 11 is 1.62. The van der Waals surface area contributed by atoms with Gasteiger partial charge in [-0.05, 0) is 43.4 Å². The van der Waals surface area contributed by atoms with E-state index in [1.54, 1.807) is 11.3 Å². The summed E-state index contributed by atoms with van der Waals surface area (Å²) in [6.07, 6.45) is 4.83. The lowest BCUT2D eigenvalue weighted by Gasteiger charge is -2.40. The lowest BCUT2D eigenvalue weighted by molar-refractivity contribution is 0.0731. The molecule has 0 saturated heterocycles. The van der Waals surface area contributed by atoms with Crippen molar-refractivity contribution in [2.24, 2.45) is 0 Å². The number of aliphatic hydroxyl groups is 1. The number of rotatable bonds is 5. The minimum Gasteiger partial charge on any atom is -0.394 e. The molecule has 1 aromatic carbocycles. The van der Waals surface area contributed by atoms with Gasteiger partial charge in [0, 0.05) is 28.7 Å². The van der Waals surface area contributed by atoms with E-state index in [2.05, 4.69) is 23.3 Å². The fraction of sp³-hybridized carbons (Fsp3) is 0.455. The summed E-state index contributed by atoms with van der Waals surface area (Å²) in [6.45, 7) is 3.54. The van der Waals surface area contributed by atoms with E-state index in [4.69, 9.17) is 4.98 Å². The Morgan fingerprint density at radius 2 is 2.28 bits per heavy atom. The first-order valence-corrected chi connectivity index (χ1v) is 11.2. The smallest absolute Gasteiger partial charge is 0.270 e. The van der Waals surface area contributed by atoms with E-state index < -0.39 is 0 Å². The summed E-state index contributed by atoms with van der Waals surface area (Å²) in [5.41, 5.74) is 3.81. The number of fused-ring (bicyclic) bond motifs is 2. The van der Waals surface area contributed by atoms with E-state index in [-0.39, 0.29) is 18.1 Å². The zero-order valence-corrected chi connectivity index (χ0v) is 17.4. The van der Waals surface area contributed by atoms with Crippen LogP contribution in [-0.4, -0.2) is 44.6 Å². The third-order valence-corrected chi connectivity index (χ3v) is 7.37. The van der Waals surface area contributed by atoms with E-state index in [0.29, 0.717) is 18.8 Å². The van der Waals surface area contributed by atoms with Gasteiger partial charge in [0.1, 0.15) is 5.69 Å². The molecule has 1 aliphatic heterocycles. The standard InChI is InChI=1S/C22H26N4O2S/c1-2-14-5-3-6-16-15(14)11-18(23-16)20(28)26-10-7-17-19(12-26)29-21(24-17)25-22(13-27)8-4-9-22/h3,5-6,11,23,27H,2,4,7-10,12-13H2,1H3,(H,24,25). The van der Waals surface area contributed by atoms with Crippen molar-refractivity contribution in [2.45, 2.75) is 51.1 Å². The number of nitrogens with zero attached hydrogens (tertiary/aromatic N) is 2. The molecule has 1 amide bonds. The third-order valence-electron chi connectivity index (χ3n) is 6.37. The van der Waals surface area contributed by atoms with Crippen molar-refractivity contribution in [2.75, 3.05) is 18.5 Å². The molecule has 0 atom stereocenters. The first-order chi connectivity index (χ1) is 14.1. The van der Waals surface area contributed by atoms with Crippen molar-refractivity contribution in [3.05, 3.63) is 46.1 Å². The van der Waals surface area contributed by atoms with Crippen LogP contribution >= 0.6 is 11.3 Å². The Morgan fingerprint density at radius 3 is 3.00 bits per heavy atom. The van der Waals surface area contributed by atoms with Gasteiger partial charge in [-0.25, -0.2) is 4.98 Å². The lowest BCUT2D eigenvalue weighted by atomic mass is 9.77. The second-order valence-electron chi connectivity index (χ2n) is 8.20. The number of thiazole rings is 1. The first kappa shape index (κ1) is 18.6. The van der Waals surface area contributed by atoms with Gasteiger partial charge >= 0.3 is 0 Å². The van der Waals surface area contributed by atoms with Crippen LogP contribution in [-0.2, 0) is 19.4 Å². The second kappa shape index (κ2) is 7.15. The molecule has 3 heterocycles. The maximum absolute atomic E-state index is 13.1. The number of H-pyrrole nitrogens is 1. The van der Waals surface area contributed by atoms with Gasteiger partial charge in [0.2, 0.25) is 0 Å². The summed E-state index contributed by atoms with van der Waals surface area (Å²) in [5, 5.41) is 15.2. The van der Waals surface area contributed by atoms with Crippen molar-refractivity contribution in [3.8, 4) is 0 Å². The van der Waals surface area contributed by atoms with Crippen molar-refractivity contribution < 1.29 is 9.90 Å². The van der Waals surface area contributed by atoms with E-state index in [0.717, 1.165) is 58.7 Å². The molecule has 0 unspecified atom stereocenters. The molecule has 0 radical (unpaired) electrons. The number of aromatic amines is 1. The zero-order chi connectivity index (χ0) is 20.0. The molecular weight excluding hydrogens is 384 g/mol. The van der Waals surface area contributed by atoms with Crippen LogP contribution in [0.25, 0.3) is 10.9 Å². The highest BCUT2D eigenvalue weighted by Gasteiger charge is 2.37. The molecule has 2 aliphatic rings. The predicted molar refractivity (Wildman–Crippen MR) is 116 cm³/mol. The van der Waals surface area contributed by atoms with Gasteiger partial charge in [-0.2, -0.15) is 0 Å². The maximum atomic E-state index is 13.1. The van der Waals surface area contributed by atoms with Crippen molar-refractivity contribution in [1.29, 1.82) is 0 Å². The van der Waals surface area contributed by atoms with Crippen LogP contribution in [0.1, 0.15) is 52.8 Å². The molecule has 0 spiro atoms. The van der Waals surface area contributed by atoms with Gasteiger partial charge in [0.25, 0.3) is 5.91 Å². The summed E-state index contributed by atoms with van der Waals surface area (Å²) in [6, 6.07) is 8.17. The van der Waals surface area contributed by atoms with E-state index in [9.17, 15) is 9.90 Å². The lowest BCUT2D eigenvalue weighted by Crippen LogP contribution is -2.48. The van der Waals surface area contributed by atoms with Crippen molar-refractivity contribution in [3.63, 3.8) is 0 Å². The van der Waals surface area contributed by atoms with Gasteiger partial charge < -0.3 is 20.3 Å². The van der Waals surface area contributed by atoms with Gasteiger partial charge in [0.05, 0.1) is 24.4 Å². The van der Waals surface area contributed by atoms with Crippen LogP contribution in [0.3, 0.4) is 0 Å². The zero-order valence-electron chi connectivity index (χ0n) is 16.6. The molecule has 1 saturated carbocycles. The van der Waals surface area contributed by atoms with Crippen molar-refractivity contribution >= 4 is 33.3 Å². The van der Waals surface area contributed by atoms with Gasteiger partial charge in [-0.1, -0.05) is 30.4 Å². The SMILES string of the molecule is CCc1cccc2[nH]c(C(=O)N3CCc4nc(NC5(CO)CCC5)sc4C3)cc12. The van der Waals surface area contributed by atoms with Gasteiger partial charge in [0.15, 0.2) is 5.13 Å². The van der Waals surface area contributed by atoms with Crippen LogP contribution in [0, 0.1) is 0 Å². The van der Waals surface area contributed by atoms with Crippen LogP contribution in [0.2, 0.25) is 0 Å². The number of aliphatic hydroxyl groups excluding tert-OH is 1. The number of hydrogen-bond acceptors (Lipinski definition) is 5. The monoisotopic (exact) mass is 410 g/mol. The molecular formula is C22H26N4O2S. The Labute approximate surface area is 174 Å². The Bertz CT molecular complexity index is 1060. The Hall–Kier alpha value is -2.38. The molecule has 29 heavy (non-hydrogen) atoms. The van der Waals surface area contributed by atoms with Gasteiger partial charge in [-0.15, -0.1) is 0 Å². The van der Waals surface area contributed by atoms with Crippen molar-refractivity contribution in [1.82, 2.24) is 14.9 Å². The van der Waals surface area contributed by atoms with Crippen LogP contribution < -0.4 is 5.32 Å². The molecule has 1 aliphatic carbocycles. The normalized spacial score (nSPS) is 17.8. The number of carbonyl (C=O) groups excluding carboxylic acids is 1. The highest BCUT2D eigenvalue weighted by Crippen LogP contribution is 2.37. The number of anilines is 1. The van der Waals surface area contributed by atoms with Crippen LogP contribution in [0.5, 0.6) is 0 Å². The fourth-order valence-electron chi connectivity index (χ4n) is 4.39. The maximum Gasteiger partial charge on any atom is 0.270 e. The minimum absolute atomic E-state index is 0.0441. The number of amides is 1. The van der Waals surface area contributed by atoms with E-state index in [1.807, 2.05) is 23.1 Å². The topological polar surface area (TPSA) is 81.2 Å². The molecule has 3 aromatic rings. The Morgan fingerprint density at radius 1 is 1.41 bits per heavy atom. The Balaban J connectivity index is 1.35. The van der Waals surface area contributed by atoms with E-state index >= 15 is 0 Å². The molecule has 7 heteroatoms. The minimum atomic E-state index is -0.197. The summed E-state index contributed by atoms with van der Waals surface area (Å²) < 4.78 is 0. The highest BCUT2D eigenvalue weighted by atomic mass is 32.1. The number of aromatic nitrogens is 2. The summed E-state index contributed by atoms with van der Waals surface area (Å²) in [5.74, 6) is 0.0441. The molecule has 1 fully saturated rings. The average Bonchev–Trinajstić information content (AvgIpc) is 3.32. The number of aryl methyl sites for hydroxylation is 1. The first-order valence-electron chi connectivity index (χ1n) is 10.4. The Kier molecular flexibility index (Phi) is 4.59. The summed E-state index contributed by atoms with van der Waals surface area (Å²) in [7, 11) is 0. The van der Waals surface area contributed by atoms with Crippen LogP contribution in [0.15, 0.2) is 24.3 Å². The molecule has 3 N–H and O–H groups in total. The van der Waals surface area contributed by atoms with Crippen LogP contribution in [0.4, 0.5) is 5.13 Å².